The number of nitrogens with zero attached hydrogens (tertiary/aromatic N) is 2. The van der Waals surface area contributed by atoms with Crippen LogP contribution in [0.1, 0.15) is 40.9 Å². The summed E-state index contributed by atoms with van der Waals surface area (Å²) >= 11 is 1.57. The number of carbonyl (C=O) groups excluding carboxylic acids is 2. The Morgan fingerprint density at radius 3 is 2.51 bits per heavy atom. The first-order chi connectivity index (χ1) is 18.0. The number of nitrogens with one attached hydrogen (secondary N) is 2. The van der Waals surface area contributed by atoms with Gasteiger partial charge in [-0.3, -0.25) is 9.69 Å². The molecular formula is C29H28N4O3S. The lowest BCUT2D eigenvalue weighted by Gasteiger charge is -2.19. The van der Waals surface area contributed by atoms with Crippen molar-refractivity contribution in [2.75, 3.05) is 30.8 Å². The number of thiazole rings is 1. The van der Waals surface area contributed by atoms with Gasteiger partial charge in [-0.1, -0.05) is 38.1 Å². The summed E-state index contributed by atoms with van der Waals surface area (Å²) in [7, 11) is 1.34. The first kappa shape index (κ1) is 24.7. The van der Waals surface area contributed by atoms with Gasteiger partial charge in [0.15, 0.2) is 0 Å². The number of aromatic nitrogens is 1. The van der Waals surface area contributed by atoms with E-state index in [9.17, 15) is 9.59 Å². The molecule has 3 aromatic carbocycles. The average molecular weight is 513 g/mol. The molecule has 0 saturated heterocycles. The number of hydrogen-bond donors (Lipinski definition) is 2. The fourth-order valence-electron chi connectivity index (χ4n) is 4.50. The Balaban J connectivity index is 1.58. The van der Waals surface area contributed by atoms with Gasteiger partial charge in [0.1, 0.15) is 0 Å². The van der Waals surface area contributed by atoms with Gasteiger partial charge in [0.05, 0.1) is 45.4 Å². The van der Waals surface area contributed by atoms with Gasteiger partial charge in [-0.05, 0) is 55.1 Å². The number of rotatable bonds is 8. The Kier molecular flexibility index (Phi) is 7.03. The third kappa shape index (κ3) is 4.98. The Morgan fingerprint density at radius 1 is 1.03 bits per heavy atom. The van der Waals surface area contributed by atoms with Crippen molar-refractivity contribution in [3.63, 3.8) is 0 Å². The maximum absolute atomic E-state index is 13.3. The molecule has 1 aliphatic heterocycles. The van der Waals surface area contributed by atoms with Crippen LogP contribution in [-0.4, -0.2) is 42.0 Å². The first-order valence-electron chi connectivity index (χ1n) is 12.2. The minimum atomic E-state index is -0.452. The Morgan fingerprint density at radius 2 is 1.78 bits per heavy atom. The zero-order valence-electron chi connectivity index (χ0n) is 21.0. The van der Waals surface area contributed by atoms with Gasteiger partial charge in [0, 0.05) is 23.4 Å². The average Bonchev–Trinajstić information content (AvgIpc) is 3.53. The molecular weight excluding hydrogens is 484 g/mol. The molecule has 0 spiro atoms. The Labute approximate surface area is 219 Å². The summed E-state index contributed by atoms with van der Waals surface area (Å²) in [6.07, 6.45) is 0. The Bertz CT molecular complexity index is 1500. The van der Waals surface area contributed by atoms with Gasteiger partial charge in [0.25, 0.3) is 5.91 Å². The molecule has 0 bridgehead atoms. The van der Waals surface area contributed by atoms with Gasteiger partial charge < -0.3 is 15.4 Å². The minimum absolute atomic E-state index is 0.240. The molecule has 0 unspecified atom stereocenters. The van der Waals surface area contributed by atoms with Crippen molar-refractivity contribution in [3.05, 3.63) is 88.4 Å². The SMILES string of the molecule is CCN(CC)Cc1ccc(NC(=C2C(=O)Nc3cc(C(=O)OC)ccc32)c2ccc3scnc3c2)cc1. The maximum Gasteiger partial charge on any atom is 0.337 e. The van der Waals surface area contributed by atoms with E-state index in [0.717, 1.165) is 46.7 Å². The molecule has 7 nitrogen and oxygen atoms in total. The molecule has 5 rings (SSSR count). The van der Waals surface area contributed by atoms with Crippen LogP contribution in [0.25, 0.3) is 21.5 Å². The smallest absolute Gasteiger partial charge is 0.337 e. The zero-order valence-corrected chi connectivity index (χ0v) is 21.8. The van der Waals surface area contributed by atoms with Crippen molar-refractivity contribution >= 4 is 56.1 Å². The molecule has 2 heterocycles. The molecule has 1 aliphatic rings. The highest BCUT2D eigenvalue weighted by Crippen LogP contribution is 2.39. The number of benzene rings is 3. The second-order valence-corrected chi connectivity index (χ2v) is 9.66. The number of ether oxygens (including phenoxy) is 1. The predicted molar refractivity (Wildman–Crippen MR) is 150 cm³/mol. The summed E-state index contributed by atoms with van der Waals surface area (Å²) in [6, 6.07) is 19.4. The summed E-state index contributed by atoms with van der Waals surface area (Å²) < 4.78 is 5.92. The number of amides is 1. The highest BCUT2D eigenvalue weighted by molar-refractivity contribution is 7.16. The fraction of sp³-hybridized carbons (Fsp3) is 0.207. The number of fused-ring (bicyclic) bond motifs is 2. The molecule has 0 atom stereocenters. The summed E-state index contributed by atoms with van der Waals surface area (Å²) in [5.74, 6) is -0.692. The van der Waals surface area contributed by atoms with Crippen LogP contribution in [0.4, 0.5) is 11.4 Å². The van der Waals surface area contributed by atoms with E-state index >= 15 is 0 Å². The third-order valence-corrected chi connectivity index (χ3v) is 7.39. The topological polar surface area (TPSA) is 83.6 Å². The quantitative estimate of drug-likeness (QED) is 0.227. The molecule has 0 aliphatic carbocycles. The van der Waals surface area contributed by atoms with E-state index in [2.05, 4.69) is 46.5 Å². The summed E-state index contributed by atoms with van der Waals surface area (Å²) in [4.78, 5) is 32.2. The van der Waals surface area contributed by atoms with Gasteiger partial charge in [0.2, 0.25) is 0 Å². The lowest BCUT2D eigenvalue weighted by Crippen LogP contribution is -2.22. The predicted octanol–water partition coefficient (Wildman–Crippen LogP) is 5.86. The molecule has 0 saturated carbocycles. The highest BCUT2D eigenvalue weighted by Gasteiger charge is 2.29. The summed E-state index contributed by atoms with van der Waals surface area (Å²) in [5.41, 5.74) is 8.49. The van der Waals surface area contributed by atoms with Crippen LogP contribution in [-0.2, 0) is 16.1 Å². The van der Waals surface area contributed by atoms with Crippen LogP contribution in [0.5, 0.6) is 0 Å². The standard InChI is InChI=1S/C29H28N4O3S/c1-4-33(5-2)16-18-6-10-21(11-7-18)31-27(19-9-13-25-24(14-19)30-17-37-25)26-22-12-8-20(29(35)36-3)15-23(22)32-28(26)34/h6-15,17,31H,4-5,16H2,1-3H3,(H,32,34). The van der Waals surface area contributed by atoms with Crippen molar-refractivity contribution in [2.45, 2.75) is 20.4 Å². The first-order valence-corrected chi connectivity index (χ1v) is 13.1. The van der Waals surface area contributed by atoms with Gasteiger partial charge in [-0.25, -0.2) is 9.78 Å². The summed E-state index contributed by atoms with van der Waals surface area (Å²) in [5, 5.41) is 6.43. The third-order valence-electron chi connectivity index (χ3n) is 6.58. The second kappa shape index (κ2) is 10.5. The minimum Gasteiger partial charge on any atom is -0.465 e. The van der Waals surface area contributed by atoms with Gasteiger partial charge >= 0.3 is 5.97 Å². The molecule has 1 amide bonds. The second-order valence-electron chi connectivity index (χ2n) is 8.77. The van der Waals surface area contributed by atoms with Crippen LogP contribution in [0.2, 0.25) is 0 Å². The molecule has 4 aromatic rings. The number of anilines is 2. The van der Waals surface area contributed by atoms with Crippen LogP contribution < -0.4 is 10.6 Å². The van der Waals surface area contributed by atoms with E-state index in [1.807, 2.05) is 35.8 Å². The number of hydrogen-bond acceptors (Lipinski definition) is 7. The van der Waals surface area contributed by atoms with E-state index < -0.39 is 5.97 Å². The molecule has 0 fully saturated rings. The van der Waals surface area contributed by atoms with Crippen LogP contribution in [0.15, 0.2) is 66.2 Å². The highest BCUT2D eigenvalue weighted by atomic mass is 32.1. The largest absolute Gasteiger partial charge is 0.465 e. The van der Waals surface area contributed by atoms with Crippen molar-refractivity contribution < 1.29 is 14.3 Å². The Hall–Kier alpha value is -4.01. The van der Waals surface area contributed by atoms with Crippen molar-refractivity contribution in [1.29, 1.82) is 0 Å². The zero-order chi connectivity index (χ0) is 25.9. The van der Waals surface area contributed by atoms with E-state index in [1.165, 1.54) is 12.7 Å². The maximum atomic E-state index is 13.3. The fourth-order valence-corrected chi connectivity index (χ4v) is 5.16. The number of esters is 1. The summed E-state index contributed by atoms with van der Waals surface area (Å²) in [6.45, 7) is 7.21. The van der Waals surface area contributed by atoms with Gasteiger partial charge in [-0.2, -0.15) is 0 Å². The molecule has 37 heavy (non-hydrogen) atoms. The molecule has 1 aromatic heterocycles. The van der Waals surface area contributed by atoms with Gasteiger partial charge in [-0.15, -0.1) is 11.3 Å². The monoisotopic (exact) mass is 512 g/mol. The van der Waals surface area contributed by atoms with Crippen LogP contribution in [0.3, 0.4) is 0 Å². The van der Waals surface area contributed by atoms with Crippen LogP contribution >= 0.6 is 11.3 Å². The molecule has 0 radical (unpaired) electrons. The van der Waals surface area contributed by atoms with Crippen LogP contribution in [0, 0.1) is 0 Å². The number of carbonyl (C=O) groups is 2. The molecule has 2 N–H and O–H groups in total. The lowest BCUT2D eigenvalue weighted by atomic mass is 9.98. The van der Waals surface area contributed by atoms with E-state index in [0.29, 0.717) is 22.5 Å². The van der Waals surface area contributed by atoms with Crippen molar-refractivity contribution in [1.82, 2.24) is 9.88 Å². The van der Waals surface area contributed by atoms with E-state index in [4.69, 9.17) is 4.74 Å². The van der Waals surface area contributed by atoms with Crippen molar-refractivity contribution in [2.24, 2.45) is 0 Å². The number of methoxy groups -OCH3 is 1. The van der Waals surface area contributed by atoms with E-state index in [1.54, 1.807) is 29.5 Å². The molecule has 188 valence electrons. The lowest BCUT2D eigenvalue weighted by molar-refractivity contribution is -0.110. The van der Waals surface area contributed by atoms with Crippen molar-refractivity contribution in [3.8, 4) is 0 Å². The molecule has 8 heteroatoms. The normalized spacial score (nSPS) is 14.0. The van der Waals surface area contributed by atoms with E-state index in [-0.39, 0.29) is 5.91 Å².